The minimum absolute atomic E-state index is 0.159. The first-order chi connectivity index (χ1) is 10.5. The number of benzene rings is 1. The lowest BCUT2D eigenvalue weighted by Gasteiger charge is -2.13. The monoisotopic (exact) mass is 319 g/mol. The van der Waals surface area contributed by atoms with Crippen molar-refractivity contribution in [2.75, 3.05) is 6.79 Å². The third-order valence-corrected chi connectivity index (χ3v) is 4.60. The Bertz CT molecular complexity index is 699. The number of ether oxygens (including phenoxy) is 2. The van der Waals surface area contributed by atoms with Crippen LogP contribution in [-0.2, 0) is 0 Å². The Kier molecular flexibility index (Phi) is 3.98. The minimum atomic E-state index is -0.213. The van der Waals surface area contributed by atoms with E-state index < -0.39 is 0 Å². The van der Waals surface area contributed by atoms with E-state index >= 15 is 0 Å². The molecule has 116 valence electrons. The van der Waals surface area contributed by atoms with E-state index in [1.807, 2.05) is 39.0 Å². The molecule has 0 bridgehead atoms. The molecule has 22 heavy (non-hydrogen) atoms. The van der Waals surface area contributed by atoms with Crippen LogP contribution in [0.4, 0.5) is 0 Å². The molecule has 0 spiro atoms. The van der Waals surface area contributed by atoms with Crippen molar-refractivity contribution in [1.29, 1.82) is 0 Å². The normalized spacial score (nSPS) is 14.2. The highest BCUT2D eigenvalue weighted by molar-refractivity contribution is 7.13. The highest BCUT2D eigenvalue weighted by atomic mass is 32.1. The molecule has 0 saturated heterocycles. The maximum Gasteiger partial charge on any atom is 0.282 e. The predicted molar refractivity (Wildman–Crippen MR) is 82.4 cm³/mol. The molecule has 2 aromatic rings. The van der Waals surface area contributed by atoms with Gasteiger partial charge >= 0.3 is 0 Å². The average molecular weight is 319 g/mol. The Morgan fingerprint density at radius 3 is 2.73 bits per heavy atom. The summed E-state index contributed by atoms with van der Waals surface area (Å²) in [5.41, 5.74) is 0.950. The molecule has 1 aliphatic heterocycles. The Morgan fingerprint density at radius 1 is 1.23 bits per heavy atom. The van der Waals surface area contributed by atoms with Crippen molar-refractivity contribution in [2.45, 2.75) is 32.7 Å². The molecule has 0 saturated carbocycles. The number of amides is 1. The Labute approximate surface area is 132 Å². The molecule has 1 aliphatic rings. The SMILES string of the molecule is CC(C)c1nnc(C(=O)N[C@@H](C)c2ccc3c(c2)OCO3)s1. The summed E-state index contributed by atoms with van der Waals surface area (Å²) in [5, 5.41) is 12.2. The summed E-state index contributed by atoms with van der Waals surface area (Å²) >= 11 is 1.33. The lowest BCUT2D eigenvalue weighted by Crippen LogP contribution is -2.26. The van der Waals surface area contributed by atoms with Gasteiger partial charge in [-0.3, -0.25) is 4.79 Å². The van der Waals surface area contributed by atoms with E-state index in [0.29, 0.717) is 10.8 Å². The van der Waals surface area contributed by atoms with Gasteiger partial charge in [-0.05, 0) is 24.6 Å². The van der Waals surface area contributed by atoms with Crippen molar-refractivity contribution in [3.8, 4) is 11.5 Å². The van der Waals surface area contributed by atoms with Crippen molar-refractivity contribution in [3.63, 3.8) is 0 Å². The van der Waals surface area contributed by atoms with E-state index in [9.17, 15) is 4.79 Å². The van der Waals surface area contributed by atoms with Gasteiger partial charge in [-0.25, -0.2) is 0 Å². The number of hydrogen-bond donors (Lipinski definition) is 1. The van der Waals surface area contributed by atoms with Gasteiger partial charge in [-0.15, -0.1) is 10.2 Å². The standard InChI is InChI=1S/C15H17N3O3S/c1-8(2)14-17-18-15(22-14)13(19)16-9(3)10-4-5-11-12(6-10)21-7-20-11/h4-6,8-9H,7H2,1-3H3,(H,16,19)/t9-/m0/s1. The molecule has 0 unspecified atom stereocenters. The summed E-state index contributed by atoms with van der Waals surface area (Å²) in [6.07, 6.45) is 0. The molecule has 0 aliphatic carbocycles. The van der Waals surface area contributed by atoms with Gasteiger partial charge in [0, 0.05) is 5.92 Å². The van der Waals surface area contributed by atoms with Crippen molar-refractivity contribution in [2.24, 2.45) is 0 Å². The second-order valence-electron chi connectivity index (χ2n) is 5.41. The number of carbonyl (C=O) groups excluding carboxylic acids is 1. The smallest absolute Gasteiger partial charge is 0.282 e. The van der Waals surface area contributed by atoms with Crippen molar-refractivity contribution < 1.29 is 14.3 Å². The maximum atomic E-state index is 12.2. The van der Waals surface area contributed by atoms with Crippen LogP contribution >= 0.6 is 11.3 Å². The number of nitrogens with zero attached hydrogens (tertiary/aromatic N) is 2. The van der Waals surface area contributed by atoms with Crippen LogP contribution in [0.5, 0.6) is 11.5 Å². The lowest BCUT2D eigenvalue weighted by atomic mass is 10.1. The fourth-order valence-electron chi connectivity index (χ4n) is 2.08. The molecular weight excluding hydrogens is 302 g/mol. The molecule has 3 rings (SSSR count). The first-order valence-electron chi connectivity index (χ1n) is 7.08. The molecule has 1 aromatic heterocycles. The van der Waals surface area contributed by atoms with E-state index in [1.54, 1.807) is 0 Å². The van der Waals surface area contributed by atoms with Crippen LogP contribution in [-0.4, -0.2) is 22.9 Å². The molecule has 1 aromatic carbocycles. The van der Waals surface area contributed by atoms with Crippen LogP contribution in [0.3, 0.4) is 0 Å². The number of carbonyl (C=O) groups is 1. The summed E-state index contributed by atoms with van der Waals surface area (Å²) in [4.78, 5) is 12.2. The number of aromatic nitrogens is 2. The third kappa shape index (κ3) is 2.89. The van der Waals surface area contributed by atoms with Gasteiger partial charge in [-0.2, -0.15) is 0 Å². The van der Waals surface area contributed by atoms with Crippen LogP contribution in [0.2, 0.25) is 0 Å². The Balaban J connectivity index is 1.70. The van der Waals surface area contributed by atoms with Crippen LogP contribution in [0, 0.1) is 0 Å². The quantitative estimate of drug-likeness (QED) is 0.938. The molecule has 0 fully saturated rings. The fourth-order valence-corrected chi connectivity index (χ4v) is 2.83. The molecule has 7 heteroatoms. The highest BCUT2D eigenvalue weighted by Gasteiger charge is 2.19. The van der Waals surface area contributed by atoms with E-state index in [2.05, 4.69) is 15.5 Å². The van der Waals surface area contributed by atoms with Gasteiger partial charge in [0.1, 0.15) is 5.01 Å². The van der Waals surface area contributed by atoms with Crippen LogP contribution in [0.25, 0.3) is 0 Å². The zero-order valence-corrected chi connectivity index (χ0v) is 13.4. The van der Waals surface area contributed by atoms with Crippen molar-refractivity contribution in [3.05, 3.63) is 33.8 Å². The van der Waals surface area contributed by atoms with Crippen molar-refractivity contribution in [1.82, 2.24) is 15.5 Å². The van der Waals surface area contributed by atoms with E-state index in [4.69, 9.17) is 9.47 Å². The largest absolute Gasteiger partial charge is 0.454 e. The Hall–Kier alpha value is -2.15. The second kappa shape index (κ2) is 5.92. The fraction of sp³-hybridized carbons (Fsp3) is 0.400. The Morgan fingerprint density at radius 2 is 2.00 bits per heavy atom. The molecule has 2 heterocycles. The maximum absolute atomic E-state index is 12.2. The number of rotatable bonds is 4. The topological polar surface area (TPSA) is 73.3 Å². The van der Waals surface area contributed by atoms with E-state index in [0.717, 1.165) is 16.3 Å². The number of fused-ring (bicyclic) bond motifs is 1. The minimum Gasteiger partial charge on any atom is -0.454 e. The van der Waals surface area contributed by atoms with E-state index in [-0.39, 0.29) is 24.7 Å². The van der Waals surface area contributed by atoms with Gasteiger partial charge in [0.25, 0.3) is 5.91 Å². The molecule has 6 nitrogen and oxygen atoms in total. The summed E-state index contributed by atoms with van der Waals surface area (Å²) in [6.45, 7) is 6.21. The van der Waals surface area contributed by atoms with E-state index in [1.165, 1.54) is 11.3 Å². The van der Waals surface area contributed by atoms with Gasteiger partial charge in [0.2, 0.25) is 11.8 Å². The lowest BCUT2D eigenvalue weighted by molar-refractivity contribution is 0.0938. The van der Waals surface area contributed by atoms with Crippen molar-refractivity contribution >= 4 is 17.2 Å². The predicted octanol–water partition coefficient (Wildman–Crippen LogP) is 2.88. The van der Waals surface area contributed by atoms with Crippen LogP contribution < -0.4 is 14.8 Å². The molecular formula is C15H17N3O3S. The average Bonchev–Trinajstić information content (AvgIpc) is 3.15. The van der Waals surface area contributed by atoms with Gasteiger partial charge in [0.05, 0.1) is 6.04 Å². The first-order valence-corrected chi connectivity index (χ1v) is 7.90. The van der Waals surface area contributed by atoms with Crippen LogP contribution in [0.15, 0.2) is 18.2 Å². The second-order valence-corrected chi connectivity index (χ2v) is 6.42. The summed E-state index contributed by atoms with van der Waals surface area (Å²) < 4.78 is 10.6. The zero-order valence-electron chi connectivity index (χ0n) is 12.6. The summed E-state index contributed by atoms with van der Waals surface area (Å²) in [6, 6.07) is 5.49. The summed E-state index contributed by atoms with van der Waals surface area (Å²) in [5.74, 6) is 1.49. The third-order valence-electron chi connectivity index (χ3n) is 3.37. The zero-order chi connectivity index (χ0) is 15.7. The molecule has 1 N–H and O–H groups in total. The van der Waals surface area contributed by atoms with Gasteiger partial charge < -0.3 is 14.8 Å². The van der Waals surface area contributed by atoms with Crippen LogP contribution in [0.1, 0.15) is 53.1 Å². The number of hydrogen-bond acceptors (Lipinski definition) is 6. The first kappa shape index (κ1) is 14.8. The highest BCUT2D eigenvalue weighted by Crippen LogP contribution is 2.34. The number of nitrogens with one attached hydrogen (secondary N) is 1. The molecule has 1 atom stereocenters. The van der Waals surface area contributed by atoms with Gasteiger partial charge in [-0.1, -0.05) is 31.3 Å². The summed E-state index contributed by atoms with van der Waals surface area (Å²) in [7, 11) is 0. The van der Waals surface area contributed by atoms with Gasteiger partial charge in [0.15, 0.2) is 11.5 Å². The molecule has 1 amide bonds. The molecule has 0 radical (unpaired) electrons.